The number of hydrogen-bond acceptors (Lipinski definition) is 7. The Labute approximate surface area is 180 Å². The Balaban J connectivity index is 1.37. The molecule has 3 aromatic heterocycles. The van der Waals surface area contributed by atoms with Gasteiger partial charge in [-0.3, -0.25) is 4.40 Å². The molecule has 0 saturated heterocycles. The predicted octanol–water partition coefficient (Wildman–Crippen LogP) is 5.55. The van der Waals surface area contributed by atoms with Gasteiger partial charge in [-0.25, -0.2) is 4.98 Å². The molecule has 0 aliphatic carbocycles. The number of halogens is 4. The summed E-state index contributed by atoms with van der Waals surface area (Å²) in [6.45, 7) is 0.199. The third-order valence-corrected chi connectivity index (χ3v) is 6.47. The van der Waals surface area contributed by atoms with Crippen LogP contribution in [0.15, 0.2) is 41.0 Å². The second-order valence-corrected chi connectivity index (χ2v) is 8.46. The van der Waals surface area contributed by atoms with Crippen molar-refractivity contribution in [2.45, 2.75) is 17.1 Å². The Morgan fingerprint density at radius 3 is 2.83 bits per heavy atom. The van der Waals surface area contributed by atoms with Crippen LogP contribution in [0.4, 0.5) is 13.2 Å². The van der Waals surface area contributed by atoms with E-state index in [-0.39, 0.29) is 17.5 Å². The molecule has 0 atom stereocenters. The van der Waals surface area contributed by atoms with Gasteiger partial charge in [-0.05, 0) is 24.3 Å². The highest BCUT2D eigenvalue weighted by atomic mass is 35.5. The summed E-state index contributed by atoms with van der Waals surface area (Å²) in [4.78, 5) is 4.60. The van der Waals surface area contributed by atoms with Gasteiger partial charge in [0.15, 0.2) is 22.3 Å². The van der Waals surface area contributed by atoms with Crippen molar-refractivity contribution in [2.24, 2.45) is 0 Å². The van der Waals surface area contributed by atoms with Crippen molar-refractivity contribution in [2.75, 3.05) is 6.79 Å². The molecule has 4 aromatic rings. The summed E-state index contributed by atoms with van der Waals surface area (Å²) in [6, 6.07) is 6.44. The summed E-state index contributed by atoms with van der Waals surface area (Å²) in [6.07, 6.45) is -3.57. The van der Waals surface area contributed by atoms with Crippen molar-refractivity contribution in [3.63, 3.8) is 0 Å². The molecule has 1 aromatic carbocycles. The van der Waals surface area contributed by atoms with Gasteiger partial charge in [0, 0.05) is 22.9 Å². The van der Waals surface area contributed by atoms with Crippen molar-refractivity contribution >= 4 is 40.3 Å². The van der Waals surface area contributed by atoms with Gasteiger partial charge in [0.25, 0.3) is 0 Å². The first-order chi connectivity index (χ1) is 14.4. The molecular weight excluding hydrogens is 461 g/mol. The van der Waals surface area contributed by atoms with E-state index in [1.165, 1.54) is 27.5 Å². The zero-order valence-electron chi connectivity index (χ0n) is 14.8. The van der Waals surface area contributed by atoms with Gasteiger partial charge < -0.3 is 9.47 Å². The Bertz CT molecular complexity index is 1260. The van der Waals surface area contributed by atoms with Crippen LogP contribution in [0.3, 0.4) is 0 Å². The predicted molar refractivity (Wildman–Crippen MR) is 106 cm³/mol. The molecule has 30 heavy (non-hydrogen) atoms. The Morgan fingerprint density at radius 2 is 2.00 bits per heavy atom. The van der Waals surface area contributed by atoms with E-state index in [2.05, 4.69) is 15.2 Å². The van der Waals surface area contributed by atoms with Gasteiger partial charge in [0.2, 0.25) is 6.79 Å². The van der Waals surface area contributed by atoms with Crippen LogP contribution in [0.25, 0.3) is 16.2 Å². The summed E-state index contributed by atoms with van der Waals surface area (Å²) in [5.74, 6) is 1.78. The number of nitrogens with zero attached hydrogens (tertiary/aromatic N) is 4. The minimum atomic E-state index is -4.52. The normalized spacial score (nSPS) is 13.3. The quantitative estimate of drug-likeness (QED) is 0.365. The van der Waals surface area contributed by atoms with E-state index in [0.717, 1.165) is 28.5 Å². The van der Waals surface area contributed by atoms with Crippen molar-refractivity contribution in [1.82, 2.24) is 19.6 Å². The Hall–Kier alpha value is -2.50. The van der Waals surface area contributed by atoms with E-state index in [9.17, 15) is 13.2 Å². The van der Waals surface area contributed by atoms with E-state index in [1.54, 1.807) is 0 Å². The van der Waals surface area contributed by atoms with Crippen LogP contribution in [0.2, 0.25) is 5.02 Å². The molecule has 4 heterocycles. The smallest absolute Gasteiger partial charge is 0.417 e. The molecule has 0 bridgehead atoms. The summed E-state index contributed by atoms with van der Waals surface area (Å²) in [5.41, 5.74) is 0.981. The third-order valence-electron chi connectivity index (χ3n) is 4.28. The van der Waals surface area contributed by atoms with Crippen molar-refractivity contribution in [3.8, 4) is 22.1 Å². The van der Waals surface area contributed by atoms with E-state index < -0.39 is 11.7 Å². The number of ether oxygens (including phenoxy) is 2. The SMILES string of the molecule is FC(F)(F)c1cc(Cl)c2nnc(SCc3csc(-c4ccc5c(c4)OCO5)n3)n2c1. The Kier molecular flexibility index (Phi) is 4.75. The minimum absolute atomic E-state index is 0.108. The number of alkyl halides is 3. The van der Waals surface area contributed by atoms with Crippen LogP contribution in [0, 0.1) is 0 Å². The van der Waals surface area contributed by atoms with Crippen LogP contribution in [0.5, 0.6) is 11.5 Å². The molecule has 0 unspecified atom stereocenters. The summed E-state index contributed by atoms with van der Waals surface area (Å²) >= 11 is 8.64. The zero-order chi connectivity index (χ0) is 20.9. The summed E-state index contributed by atoms with van der Waals surface area (Å²) in [7, 11) is 0. The van der Waals surface area contributed by atoms with Gasteiger partial charge in [0.05, 0.1) is 16.3 Å². The lowest BCUT2D eigenvalue weighted by molar-refractivity contribution is -0.137. The molecule has 0 fully saturated rings. The summed E-state index contributed by atoms with van der Waals surface area (Å²) in [5, 5.41) is 10.7. The average molecular weight is 471 g/mol. The first-order valence-electron chi connectivity index (χ1n) is 8.47. The topological polar surface area (TPSA) is 61.5 Å². The maximum absolute atomic E-state index is 13.1. The number of rotatable bonds is 4. The molecule has 0 amide bonds. The van der Waals surface area contributed by atoms with E-state index >= 15 is 0 Å². The highest BCUT2D eigenvalue weighted by Gasteiger charge is 2.32. The molecule has 1 aliphatic rings. The maximum atomic E-state index is 13.1. The molecule has 0 radical (unpaired) electrons. The molecular formula is C18H10ClF3N4O2S2. The second kappa shape index (κ2) is 7.33. The molecule has 0 N–H and O–H groups in total. The fourth-order valence-corrected chi connectivity index (χ4v) is 4.83. The fraction of sp³-hybridized carbons (Fsp3) is 0.167. The monoisotopic (exact) mass is 470 g/mol. The van der Waals surface area contributed by atoms with E-state index in [0.29, 0.717) is 22.4 Å². The van der Waals surface area contributed by atoms with Gasteiger partial charge in [-0.1, -0.05) is 23.4 Å². The van der Waals surface area contributed by atoms with E-state index in [1.807, 2.05) is 23.6 Å². The number of hydrogen-bond donors (Lipinski definition) is 0. The summed E-state index contributed by atoms with van der Waals surface area (Å²) < 4.78 is 51.2. The first-order valence-corrected chi connectivity index (χ1v) is 10.7. The number of pyridine rings is 1. The van der Waals surface area contributed by atoms with Gasteiger partial charge in [-0.15, -0.1) is 21.5 Å². The highest BCUT2D eigenvalue weighted by Crippen LogP contribution is 2.37. The largest absolute Gasteiger partial charge is 0.454 e. The van der Waals surface area contributed by atoms with Crippen molar-refractivity contribution in [3.05, 3.63) is 52.1 Å². The lowest BCUT2D eigenvalue weighted by Gasteiger charge is -2.08. The Morgan fingerprint density at radius 1 is 1.17 bits per heavy atom. The van der Waals surface area contributed by atoms with Crippen LogP contribution in [-0.4, -0.2) is 26.4 Å². The van der Waals surface area contributed by atoms with Crippen LogP contribution >= 0.6 is 34.7 Å². The van der Waals surface area contributed by atoms with Gasteiger partial charge >= 0.3 is 6.18 Å². The highest BCUT2D eigenvalue weighted by molar-refractivity contribution is 7.98. The zero-order valence-corrected chi connectivity index (χ0v) is 17.2. The average Bonchev–Trinajstić information content (AvgIpc) is 3.44. The molecule has 12 heteroatoms. The maximum Gasteiger partial charge on any atom is 0.417 e. The molecule has 5 rings (SSSR count). The number of benzene rings is 1. The third kappa shape index (κ3) is 3.57. The van der Waals surface area contributed by atoms with Crippen LogP contribution in [-0.2, 0) is 11.9 Å². The van der Waals surface area contributed by atoms with Crippen LogP contribution in [0.1, 0.15) is 11.3 Å². The number of thiazole rings is 1. The lowest BCUT2D eigenvalue weighted by Crippen LogP contribution is -2.07. The molecule has 0 saturated carbocycles. The molecule has 0 spiro atoms. The lowest BCUT2D eigenvalue weighted by atomic mass is 10.2. The van der Waals surface area contributed by atoms with Crippen molar-refractivity contribution in [1.29, 1.82) is 0 Å². The fourth-order valence-electron chi connectivity index (χ4n) is 2.86. The van der Waals surface area contributed by atoms with Gasteiger partial charge in [0.1, 0.15) is 5.01 Å². The minimum Gasteiger partial charge on any atom is -0.454 e. The van der Waals surface area contributed by atoms with Crippen LogP contribution < -0.4 is 9.47 Å². The first kappa shape index (κ1) is 19.5. The number of aromatic nitrogens is 4. The van der Waals surface area contributed by atoms with Crippen molar-refractivity contribution < 1.29 is 22.6 Å². The number of fused-ring (bicyclic) bond motifs is 2. The van der Waals surface area contributed by atoms with Gasteiger partial charge in [-0.2, -0.15) is 13.2 Å². The standard InChI is InChI=1S/C18H10ClF3N4O2S2/c19-12-4-10(18(20,21)22)5-26-15(12)24-25-17(26)30-7-11-6-29-16(23-11)9-1-2-13-14(3-9)28-8-27-13/h1-6H,7-8H2. The molecule has 6 nitrogen and oxygen atoms in total. The van der Waals surface area contributed by atoms with E-state index in [4.69, 9.17) is 21.1 Å². The molecule has 154 valence electrons. The second-order valence-electron chi connectivity index (χ2n) is 6.25. The number of thioether (sulfide) groups is 1. The molecule has 1 aliphatic heterocycles.